The number of aliphatic carboxylic acids is 1. The Kier molecular flexibility index (Phi) is 5.04. The van der Waals surface area contributed by atoms with Crippen LogP contribution in [0.25, 0.3) is 0 Å². The van der Waals surface area contributed by atoms with E-state index in [9.17, 15) is 9.59 Å². The maximum Gasteiger partial charge on any atom is 0.314 e. The van der Waals surface area contributed by atoms with Gasteiger partial charge < -0.3 is 15.7 Å². The maximum atomic E-state index is 11.6. The van der Waals surface area contributed by atoms with Crippen LogP contribution in [0, 0.1) is 5.41 Å². The molecule has 0 radical (unpaired) electrons. The van der Waals surface area contributed by atoms with E-state index in [-0.39, 0.29) is 12.6 Å². The predicted molar refractivity (Wildman–Crippen MR) is 81.0 cm³/mol. The third kappa shape index (κ3) is 3.73. The summed E-state index contributed by atoms with van der Waals surface area (Å²) in [7, 11) is 0. The topological polar surface area (TPSA) is 78.4 Å². The first-order chi connectivity index (χ1) is 9.52. The average Bonchev–Trinajstić information content (AvgIpc) is 2.73. The molecule has 1 aliphatic carbocycles. The Morgan fingerprint density at radius 3 is 2.60 bits per heavy atom. The maximum absolute atomic E-state index is 11.6. The van der Waals surface area contributed by atoms with Gasteiger partial charge in [0.15, 0.2) is 0 Å². The summed E-state index contributed by atoms with van der Waals surface area (Å²) in [5, 5.41) is 14.6. The van der Waals surface area contributed by atoms with Gasteiger partial charge in [-0.1, -0.05) is 6.42 Å². The van der Waals surface area contributed by atoms with Crippen molar-refractivity contribution >= 4 is 39.3 Å². The number of nitrogens with one attached hydrogen (secondary N) is 2. The summed E-state index contributed by atoms with van der Waals surface area (Å²) in [6, 6.07) is 3.70. The molecule has 0 spiro atoms. The first-order valence-corrected chi connectivity index (χ1v) is 8.12. The van der Waals surface area contributed by atoms with Gasteiger partial charge >= 0.3 is 12.0 Å². The fraction of sp³-hybridized carbons (Fsp3) is 0.538. The van der Waals surface area contributed by atoms with Gasteiger partial charge in [0.1, 0.15) is 0 Å². The number of carboxylic acid groups (broad SMARTS) is 1. The molecule has 0 saturated heterocycles. The molecule has 0 aromatic carbocycles. The standard InChI is InChI=1S/C13H17BrN2O3S/c14-10-3-2-9(20-10)4-7-15-12(19)16-8-13(11(17)18)5-1-6-13/h2-3H,1,4-8H2,(H,17,18)(H2,15,16,19). The van der Waals surface area contributed by atoms with Gasteiger partial charge in [0.25, 0.3) is 0 Å². The predicted octanol–water partition coefficient (Wildman–Crippen LogP) is 2.61. The van der Waals surface area contributed by atoms with Crippen LogP contribution in [0.4, 0.5) is 4.79 Å². The van der Waals surface area contributed by atoms with E-state index >= 15 is 0 Å². The number of urea groups is 1. The van der Waals surface area contributed by atoms with E-state index in [1.807, 2.05) is 12.1 Å². The Hall–Kier alpha value is -1.08. The molecule has 5 nitrogen and oxygen atoms in total. The molecule has 2 rings (SSSR count). The van der Waals surface area contributed by atoms with Crippen LogP contribution in [0.2, 0.25) is 0 Å². The molecule has 1 heterocycles. The number of rotatable bonds is 6. The van der Waals surface area contributed by atoms with Crippen LogP contribution in [0.5, 0.6) is 0 Å². The van der Waals surface area contributed by atoms with Crippen LogP contribution >= 0.6 is 27.3 Å². The van der Waals surface area contributed by atoms with Gasteiger partial charge in [0, 0.05) is 18.0 Å². The minimum Gasteiger partial charge on any atom is -0.481 e. The van der Waals surface area contributed by atoms with Crippen molar-refractivity contribution in [2.75, 3.05) is 13.1 Å². The smallest absolute Gasteiger partial charge is 0.314 e. The molecular formula is C13H17BrN2O3S. The summed E-state index contributed by atoms with van der Waals surface area (Å²) < 4.78 is 1.07. The van der Waals surface area contributed by atoms with Crippen LogP contribution in [0.1, 0.15) is 24.1 Å². The van der Waals surface area contributed by atoms with Gasteiger partial charge in [-0.2, -0.15) is 0 Å². The molecule has 110 valence electrons. The SMILES string of the molecule is O=C(NCCc1ccc(Br)s1)NCC1(C(=O)O)CCC1. The fourth-order valence-electron chi connectivity index (χ4n) is 2.17. The van der Waals surface area contributed by atoms with Crippen LogP contribution < -0.4 is 10.6 Å². The molecule has 0 atom stereocenters. The number of carboxylic acids is 1. The fourth-order valence-corrected chi connectivity index (χ4v) is 3.65. The Morgan fingerprint density at radius 2 is 2.10 bits per heavy atom. The molecule has 0 unspecified atom stereocenters. The van der Waals surface area contributed by atoms with E-state index in [0.717, 1.165) is 16.6 Å². The van der Waals surface area contributed by atoms with Crippen LogP contribution in [0.3, 0.4) is 0 Å². The van der Waals surface area contributed by atoms with Crippen molar-refractivity contribution in [1.29, 1.82) is 0 Å². The monoisotopic (exact) mass is 360 g/mol. The first-order valence-electron chi connectivity index (χ1n) is 6.51. The quantitative estimate of drug-likeness (QED) is 0.729. The Labute approximate surface area is 129 Å². The second-order valence-electron chi connectivity index (χ2n) is 5.00. The van der Waals surface area contributed by atoms with E-state index in [1.165, 1.54) is 4.88 Å². The van der Waals surface area contributed by atoms with Crippen molar-refractivity contribution in [3.63, 3.8) is 0 Å². The van der Waals surface area contributed by atoms with E-state index in [4.69, 9.17) is 5.11 Å². The number of hydrogen-bond acceptors (Lipinski definition) is 3. The highest BCUT2D eigenvalue weighted by molar-refractivity contribution is 9.11. The second-order valence-corrected chi connectivity index (χ2v) is 7.55. The second kappa shape index (κ2) is 6.58. The molecule has 1 saturated carbocycles. The summed E-state index contributed by atoms with van der Waals surface area (Å²) in [5.74, 6) is -0.813. The lowest BCUT2D eigenvalue weighted by Gasteiger charge is -2.37. The summed E-state index contributed by atoms with van der Waals surface area (Å²) in [6.45, 7) is 0.748. The van der Waals surface area contributed by atoms with Crippen molar-refractivity contribution in [2.45, 2.75) is 25.7 Å². The molecule has 0 aliphatic heterocycles. The van der Waals surface area contributed by atoms with Gasteiger partial charge in [-0.15, -0.1) is 11.3 Å². The third-order valence-corrected chi connectivity index (χ3v) is 5.32. The van der Waals surface area contributed by atoms with Crippen LogP contribution in [-0.2, 0) is 11.2 Å². The van der Waals surface area contributed by atoms with Gasteiger partial charge in [-0.05, 0) is 47.3 Å². The van der Waals surface area contributed by atoms with Gasteiger partial charge in [0.05, 0.1) is 9.20 Å². The number of amides is 2. The number of halogens is 1. The molecule has 1 aromatic rings. The summed E-state index contributed by atoms with van der Waals surface area (Å²) in [6.07, 6.45) is 2.98. The van der Waals surface area contributed by atoms with E-state index in [2.05, 4.69) is 26.6 Å². The molecule has 3 N–H and O–H groups in total. The summed E-state index contributed by atoms with van der Waals surface area (Å²) >= 11 is 5.03. The molecule has 1 aromatic heterocycles. The molecule has 20 heavy (non-hydrogen) atoms. The first kappa shape index (κ1) is 15.3. The minimum absolute atomic E-state index is 0.207. The zero-order valence-electron chi connectivity index (χ0n) is 10.9. The Morgan fingerprint density at radius 1 is 1.35 bits per heavy atom. The molecular weight excluding hydrogens is 344 g/mol. The number of thiophene rings is 1. The normalized spacial score (nSPS) is 16.2. The van der Waals surface area contributed by atoms with Crippen LogP contribution in [0.15, 0.2) is 15.9 Å². The lowest BCUT2D eigenvalue weighted by molar-refractivity contribution is -0.153. The molecule has 7 heteroatoms. The Balaban J connectivity index is 1.67. The van der Waals surface area contributed by atoms with Crippen molar-refractivity contribution in [2.24, 2.45) is 5.41 Å². The van der Waals surface area contributed by atoms with E-state index in [1.54, 1.807) is 11.3 Å². The lowest BCUT2D eigenvalue weighted by Crippen LogP contribution is -2.49. The number of carbonyl (C=O) groups excluding carboxylic acids is 1. The molecule has 1 fully saturated rings. The van der Waals surface area contributed by atoms with Crippen molar-refractivity contribution < 1.29 is 14.7 Å². The van der Waals surface area contributed by atoms with E-state index < -0.39 is 11.4 Å². The average molecular weight is 361 g/mol. The van der Waals surface area contributed by atoms with Gasteiger partial charge in [0.2, 0.25) is 0 Å². The highest BCUT2D eigenvalue weighted by Gasteiger charge is 2.44. The van der Waals surface area contributed by atoms with E-state index in [0.29, 0.717) is 19.4 Å². The van der Waals surface area contributed by atoms with Gasteiger partial charge in [-0.3, -0.25) is 4.79 Å². The third-order valence-electron chi connectivity index (χ3n) is 3.64. The minimum atomic E-state index is -0.813. The highest BCUT2D eigenvalue weighted by atomic mass is 79.9. The molecule has 1 aliphatic rings. The molecule has 0 bridgehead atoms. The zero-order chi connectivity index (χ0) is 14.6. The Bertz CT molecular complexity index is 500. The van der Waals surface area contributed by atoms with Crippen LogP contribution in [-0.4, -0.2) is 30.2 Å². The highest BCUT2D eigenvalue weighted by Crippen LogP contribution is 2.40. The van der Waals surface area contributed by atoms with Gasteiger partial charge in [-0.25, -0.2) is 4.79 Å². The number of hydrogen-bond donors (Lipinski definition) is 3. The van der Waals surface area contributed by atoms with Crippen molar-refractivity contribution in [3.8, 4) is 0 Å². The lowest BCUT2D eigenvalue weighted by atomic mass is 9.69. The zero-order valence-corrected chi connectivity index (χ0v) is 13.3. The largest absolute Gasteiger partial charge is 0.481 e. The van der Waals surface area contributed by atoms with Crippen molar-refractivity contribution in [1.82, 2.24) is 10.6 Å². The van der Waals surface area contributed by atoms with Crippen molar-refractivity contribution in [3.05, 3.63) is 20.8 Å². The summed E-state index contributed by atoms with van der Waals surface area (Å²) in [4.78, 5) is 24.0. The summed E-state index contributed by atoms with van der Waals surface area (Å²) in [5.41, 5.74) is -0.740. The number of carbonyl (C=O) groups is 2. The molecule has 2 amide bonds.